The number of hydrogen-bond acceptors (Lipinski definition) is 5. The average molecular weight is 543 g/mol. The molecule has 5 rings (SSSR count). The number of imidazole rings is 1. The molecule has 40 heavy (non-hydrogen) atoms. The Morgan fingerprint density at radius 2 is 1.90 bits per heavy atom. The molecule has 3 aromatic carbocycles. The molecule has 1 aromatic heterocycles. The zero-order valence-corrected chi connectivity index (χ0v) is 22.5. The van der Waals surface area contributed by atoms with Gasteiger partial charge in [0.15, 0.2) is 0 Å². The van der Waals surface area contributed by atoms with Crippen LogP contribution in [0.1, 0.15) is 28.8 Å². The van der Waals surface area contributed by atoms with Gasteiger partial charge >= 0.3 is 0 Å². The second-order valence-corrected chi connectivity index (χ2v) is 9.72. The predicted octanol–water partition coefficient (Wildman–Crippen LogP) is 5.26. The van der Waals surface area contributed by atoms with E-state index in [1.165, 1.54) is 11.0 Å². The van der Waals surface area contributed by atoms with E-state index in [1.807, 2.05) is 30.3 Å². The van der Waals surface area contributed by atoms with E-state index in [-0.39, 0.29) is 36.9 Å². The Bertz CT molecular complexity index is 1480. The summed E-state index contributed by atoms with van der Waals surface area (Å²) in [6, 6.07) is 21.1. The van der Waals surface area contributed by atoms with Gasteiger partial charge in [0.05, 0.1) is 24.6 Å². The smallest absolute Gasteiger partial charge is 0.254 e. The lowest BCUT2D eigenvalue weighted by Crippen LogP contribution is -2.42. The number of carbonyl (C=O) groups is 2. The number of aromatic nitrogens is 2. The number of carbonyl (C=O) groups excluding carboxylic acids is 2. The SMILES string of the molecule is COc1ccc(C(=O)N(CC(=O)Nc2nc(-c3ccccc3)cn2-c2ccc(C)c(F)c2)CC2CCCO2)cc1. The van der Waals surface area contributed by atoms with Gasteiger partial charge in [0.25, 0.3) is 5.91 Å². The van der Waals surface area contributed by atoms with Gasteiger partial charge in [-0.2, -0.15) is 0 Å². The number of aryl methyl sites for hydroxylation is 1. The molecule has 206 valence electrons. The van der Waals surface area contributed by atoms with Crippen molar-refractivity contribution in [1.82, 2.24) is 14.5 Å². The lowest BCUT2D eigenvalue weighted by molar-refractivity contribution is -0.117. The van der Waals surface area contributed by atoms with Gasteiger partial charge in [-0.1, -0.05) is 36.4 Å². The van der Waals surface area contributed by atoms with E-state index >= 15 is 0 Å². The Labute approximate surface area is 232 Å². The third-order valence-electron chi connectivity index (χ3n) is 6.87. The molecule has 1 fully saturated rings. The van der Waals surface area contributed by atoms with Gasteiger partial charge in [-0.05, 0) is 61.7 Å². The third kappa shape index (κ3) is 6.21. The van der Waals surface area contributed by atoms with Crippen molar-refractivity contribution in [2.45, 2.75) is 25.9 Å². The molecular formula is C31H31FN4O4. The molecule has 8 nitrogen and oxygen atoms in total. The Balaban J connectivity index is 1.41. The van der Waals surface area contributed by atoms with Crippen LogP contribution in [0, 0.1) is 12.7 Å². The molecular weight excluding hydrogens is 511 g/mol. The minimum atomic E-state index is -0.432. The van der Waals surface area contributed by atoms with E-state index < -0.39 is 5.91 Å². The van der Waals surface area contributed by atoms with Crippen LogP contribution in [0.5, 0.6) is 5.75 Å². The number of ether oxygens (including phenoxy) is 2. The summed E-state index contributed by atoms with van der Waals surface area (Å²) in [5.74, 6) is -0.228. The normalized spacial score (nSPS) is 14.6. The first-order valence-electron chi connectivity index (χ1n) is 13.2. The molecule has 2 heterocycles. The monoisotopic (exact) mass is 542 g/mol. The van der Waals surface area contributed by atoms with Gasteiger partial charge in [0.2, 0.25) is 11.9 Å². The van der Waals surface area contributed by atoms with Crippen molar-refractivity contribution in [2.24, 2.45) is 0 Å². The highest BCUT2D eigenvalue weighted by Gasteiger charge is 2.26. The summed E-state index contributed by atoms with van der Waals surface area (Å²) in [6.07, 6.45) is 3.34. The van der Waals surface area contributed by atoms with Crippen molar-refractivity contribution in [3.05, 3.63) is 95.9 Å². The van der Waals surface area contributed by atoms with Crippen LogP contribution in [0.2, 0.25) is 0 Å². The number of methoxy groups -OCH3 is 1. The van der Waals surface area contributed by atoms with Crippen molar-refractivity contribution >= 4 is 17.8 Å². The highest BCUT2D eigenvalue weighted by atomic mass is 19.1. The van der Waals surface area contributed by atoms with Crippen LogP contribution < -0.4 is 10.1 Å². The van der Waals surface area contributed by atoms with Crippen molar-refractivity contribution in [2.75, 3.05) is 32.1 Å². The van der Waals surface area contributed by atoms with Crippen LogP contribution in [-0.4, -0.2) is 59.2 Å². The van der Waals surface area contributed by atoms with Crippen LogP contribution in [0.3, 0.4) is 0 Å². The van der Waals surface area contributed by atoms with Gasteiger partial charge in [0.1, 0.15) is 18.1 Å². The van der Waals surface area contributed by atoms with Crippen molar-refractivity contribution in [1.29, 1.82) is 0 Å². The first-order chi connectivity index (χ1) is 19.4. The Kier molecular flexibility index (Phi) is 8.21. The van der Waals surface area contributed by atoms with E-state index in [0.717, 1.165) is 18.4 Å². The van der Waals surface area contributed by atoms with E-state index in [2.05, 4.69) is 10.3 Å². The highest BCUT2D eigenvalue weighted by Crippen LogP contribution is 2.25. The quantitative estimate of drug-likeness (QED) is 0.312. The number of amides is 2. The topological polar surface area (TPSA) is 85.7 Å². The molecule has 1 saturated heterocycles. The van der Waals surface area contributed by atoms with E-state index in [0.29, 0.717) is 34.9 Å². The van der Waals surface area contributed by atoms with E-state index in [4.69, 9.17) is 9.47 Å². The zero-order valence-electron chi connectivity index (χ0n) is 22.5. The molecule has 1 aliphatic heterocycles. The summed E-state index contributed by atoms with van der Waals surface area (Å²) in [6.45, 7) is 2.40. The maximum atomic E-state index is 14.5. The number of nitrogens with one attached hydrogen (secondary N) is 1. The summed E-state index contributed by atoms with van der Waals surface area (Å²) in [5.41, 5.74) is 2.93. The molecule has 9 heteroatoms. The standard InChI is InChI=1S/C31H31FN4O4/c1-21-10-13-24(17-27(21)32)36-19-28(22-7-4-3-5-8-22)33-31(36)34-29(37)20-35(18-26-9-6-16-40-26)30(38)23-11-14-25(39-2)15-12-23/h3-5,7-8,10-15,17,19,26H,6,9,16,18,20H2,1-2H3,(H,33,34,37). The number of benzene rings is 3. The summed E-state index contributed by atoms with van der Waals surface area (Å²) >= 11 is 0. The maximum Gasteiger partial charge on any atom is 0.254 e. The number of anilines is 1. The predicted molar refractivity (Wildman–Crippen MR) is 150 cm³/mol. The Morgan fingerprint density at radius 3 is 2.58 bits per heavy atom. The summed E-state index contributed by atoms with van der Waals surface area (Å²) < 4.78 is 27.1. The molecule has 0 spiro atoms. The minimum absolute atomic E-state index is 0.141. The minimum Gasteiger partial charge on any atom is -0.497 e. The first-order valence-corrected chi connectivity index (χ1v) is 13.2. The lowest BCUT2D eigenvalue weighted by atomic mass is 10.1. The highest BCUT2D eigenvalue weighted by molar-refractivity contribution is 5.99. The van der Waals surface area contributed by atoms with Gasteiger partial charge in [-0.15, -0.1) is 0 Å². The van der Waals surface area contributed by atoms with E-state index in [9.17, 15) is 14.0 Å². The molecule has 0 saturated carbocycles. The summed E-state index contributed by atoms with van der Waals surface area (Å²) in [7, 11) is 1.56. The molecule has 4 aromatic rings. The van der Waals surface area contributed by atoms with Crippen LogP contribution in [0.25, 0.3) is 16.9 Å². The fraction of sp³-hybridized carbons (Fsp3) is 0.258. The first kappa shape index (κ1) is 27.1. The zero-order chi connectivity index (χ0) is 28.1. The van der Waals surface area contributed by atoms with Crippen LogP contribution in [-0.2, 0) is 9.53 Å². The van der Waals surface area contributed by atoms with Crippen molar-refractivity contribution in [3.8, 4) is 22.7 Å². The van der Waals surface area contributed by atoms with Crippen molar-refractivity contribution in [3.63, 3.8) is 0 Å². The summed E-state index contributed by atoms with van der Waals surface area (Å²) in [4.78, 5) is 33.0. The fourth-order valence-electron chi connectivity index (χ4n) is 4.65. The fourth-order valence-corrected chi connectivity index (χ4v) is 4.65. The van der Waals surface area contributed by atoms with E-state index in [1.54, 1.807) is 61.2 Å². The van der Waals surface area contributed by atoms with Gasteiger partial charge in [-0.3, -0.25) is 19.5 Å². The number of halogens is 1. The molecule has 1 unspecified atom stereocenters. The van der Waals surface area contributed by atoms with Gasteiger partial charge in [-0.25, -0.2) is 9.37 Å². The molecule has 0 bridgehead atoms. The lowest BCUT2D eigenvalue weighted by Gasteiger charge is -2.25. The molecule has 0 aliphatic carbocycles. The molecule has 1 aliphatic rings. The second kappa shape index (κ2) is 12.1. The van der Waals surface area contributed by atoms with Crippen LogP contribution in [0.15, 0.2) is 79.0 Å². The Hall–Kier alpha value is -4.50. The van der Waals surface area contributed by atoms with Gasteiger partial charge < -0.3 is 14.4 Å². The Morgan fingerprint density at radius 1 is 1.12 bits per heavy atom. The number of rotatable bonds is 9. The molecule has 1 atom stereocenters. The van der Waals surface area contributed by atoms with Crippen LogP contribution >= 0.6 is 0 Å². The second-order valence-electron chi connectivity index (χ2n) is 9.72. The number of hydrogen-bond donors (Lipinski definition) is 1. The van der Waals surface area contributed by atoms with Crippen molar-refractivity contribution < 1.29 is 23.5 Å². The van der Waals surface area contributed by atoms with Crippen LogP contribution in [0.4, 0.5) is 10.3 Å². The molecule has 0 radical (unpaired) electrons. The summed E-state index contributed by atoms with van der Waals surface area (Å²) in [5, 5.41) is 2.85. The average Bonchev–Trinajstić information content (AvgIpc) is 3.64. The third-order valence-corrected chi connectivity index (χ3v) is 6.87. The largest absolute Gasteiger partial charge is 0.497 e. The maximum absolute atomic E-state index is 14.5. The molecule has 1 N–H and O–H groups in total. The molecule has 2 amide bonds. The van der Waals surface area contributed by atoms with Gasteiger partial charge in [0, 0.05) is 30.5 Å². The number of nitrogens with zero attached hydrogens (tertiary/aromatic N) is 3.